The molecule has 0 unspecified atom stereocenters. The maximum absolute atomic E-state index is 13.8. The zero-order valence-electron chi connectivity index (χ0n) is 39.1. The third kappa shape index (κ3) is 13.4. The number of H-pyrrole nitrogens is 1. The van der Waals surface area contributed by atoms with Crippen molar-refractivity contribution in [3.05, 3.63) is 125 Å². The van der Waals surface area contributed by atoms with Gasteiger partial charge >= 0.3 is 12.4 Å². The number of halogens is 6. The van der Waals surface area contributed by atoms with Crippen molar-refractivity contribution in [2.75, 3.05) is 70.5 Å². The van der Waals surface area contributed by atoms with Crippen LogP contribution in [0.15, 0.2) is 102 Å². The number of rotatable bonds is 16. The number of alkyl halides is 6. The van der Waals surface area contributed by atoms with Gasteiger partial charge in [-0.3, -0.25) is 5.10 Å². The molecule has 6 N–H and O–H groups in total. The largest absolute Gasteiger partial charge is 0.417 e. The van der Waals surface area contributed by atoms with E-state index in [2.05, 4.69) is 86.0 Å². The minimum Gasteiger partial charge on any atom is -0.383 e. The number of hydrogen-bond acceptors (Lipinski definition) is 13. The zero-order valence-corrected chi connectivity index (χ0v) is 39.1. The fourth-order valence-electron chi connectivity index (χ4n) is 7.92. The lowest BCUT2D eigenvalue weighted by Gasteiger charge is -2.32. The average Bonchev–Trinajstić information content (AvgIpc) is 3.75. The molecular formula is C49H55F6N15. The van der Waals surface area contributed by atoms with Crippen molar-refractivity contribution in [1.29, 1.82) is 0 Å². The number of piperazine rings is 1. The Balaban J connectivity index is 0.000000207. The Morgan fingerprint density at radius 2 is 1.34 bits per heavy atom. The van der Waals surface area contributed by atoms with Gasteiger partial charge in [0.2, 0.25) is 0 Å². The van der Waals surface area contributed by atoms with Gasteiger partial charge in [0.05, 0.1) is 22.1 Å². The number of aryl methyl sites for hydroxylation is 2. The topological polar surface area (TPSA) is 192 Å². The summed E-state index contributed by atoms with van der Waals surface area (Å²) in [5.74, 6) is 1.34. The summed E-state index contributed by atoms with van der Waals surface area (Å²) in [6.07, 6.45) is -3.10. The number of hydrogen-bond donors (Lipinski definition) is 4. The van der Waals surface area contributed by atoms with Crippen LogP contribution < -0.4 is 16.8 Å². The van der Waals surface area contributed by atoms with Crippen LogP contribution in [0.25, 0.3) is 33.8 Å². The number of nitrogens with zero attached hydrogens (tertiary/aromatic N) is 11. The SMILES string of the molecule is CCN(CC)CCCc1cc(N=C(N)c2cccnc2N)nc(-c2ccccc2C(F)(F)F)n1.CN1CCN(CCCc2cc(Nc3[nH]nc4ncccc34)nc(-c3ccccc3C(F)(F)F)n2)CC1. The summed E-state index contributed by atoms with van der Waals surface area (Å²) in [4.78, 5) is 37.3. The van der Waals surface area contributed by atoms with Gasteiger partial charge in [0.15, 0.2) is 23.1 Å². The van der Waals surface area contributed by atoms with Crippen molar-refractivity contribution in [3.63, 3.8) is 0 Å². The second-order valence-electron chi connectivity index (χ2n) is 16.6. The van der Waals surface area contributed by atoms with E-state index >= 15 is 0 Å². The van der Waals surface area contributed by atoms with Crippen LogP contribution in [-0.2, 0) is 25.2 Å². The standard InChI is InChI=1S/C25H27F3N8.C24H28F3N7/c1-35-12-14-36(15-13-35)11-5-6-17-16-21(32-24-19-8-4-10-29-22(19)33-34-24)31-23(30-17)18-7-2-3-9-20(18)25(26,27)28;1-3-34(4-2)14-8-9-16-15-20(32-22(29)18-11-7-13-30-21(18)28)33-23(31-16)17-10-5-6-12-19(17)24(25,26)27/h2-4,7-10,16H,5-6,11-15H2,1H3,(H2,29,30,31,32,33,34);5-7,10-13,15H,3-4,8-9,14H2,1-2H3,(H2,28,30)(H2,29,31,32,33). The zero-order chi connectivity index (χ0) is 49.8. The van der Waals surface area contributed by atoms with E-state index in [1.165, 1.54) is 36.5 Å². The molecule has 1 aliphatic heterocycles. The molecule has 0 spiro atoms. The first-order valence-corrected chi connectivity index (χ1v) is 22.9. The maximum atomic E-state index is 13.8. The predicted molar refractivity (Wildman–Crippen MR) is 260 cm³/mol. The van der Waals surface area contributed by atoms with Gasteiger partial charge in [0, 0.05) is 73.2 Å². The van der Waals surface area contributed by atoms with Gasteiger partial charge < -0.3 is 31.5 Å². The van der Waals surface area contributed by atoms with E-state index in [1.807, 2.05) is 6.07 Å². The molecule has 0 bridgehead atoms. The third-order valence-corrected chi connectivity index (χ3v) is 11.7. The molecule has 368 valence electrons. The van der Waals surface area contributed by atoms with E-state index in [0.717, 1.165) is 82.7 Å². The van der Waals surface area contributed by atoms with Gasteiger partial charge in [-0.25, -0.2) is 34.9 Å². The van der Waals surface area contributed by atoms with Crippen LogP contribution in [0.1, 0.15) is 54.8 Å². The number of amidine groups is 1. The van der Waals surface area contributed by atoms with Crippen molar-refractivity contribution < 1.29 is 26.3 Å². The molecule has 0 radical (unpaired) electrons. The predicted octanol–water partition coefficient (Wildman–Crippen LogP) is 8.81. The quantitative estimate of drug-likeness (QED) is 0.0409. The van der Waals surface area contributed by atoms with Gasteiger partial charge in [0.25, 0.3) is 0 Å². The Bertz CT molecular complexity index is 2850. The Morgan fingerprint density at radius 1 is 0.743 bits per heavy atom. The van der Waals surface area contributed by atoms with E-state index in [9.17, 15) is 26.3 Å². The number of nitrogens with one attached hydrogen (secondary N) is 2. The minimum absolute atomic E-state index is 0.0319. The smallest absolute Gasteiger partial charge is 0.383 e. The first kappa shape index (κ1) is 50.8. The minimum atomic E-state index is -4.55. The van der Waals surface area contributed by atoms with E-state index in [-0.39, 0.29) is 40.2 Å². The van der Waals surface area contributed by atoms with E-state index in [1.54, 1.807) is 42.6 Å². The highest BCUT2D eigenvalue weighted by Gasteiger charge is 2.35. The van der Waals surface area contributed by atoms with Crippen LogP contribution in [0.4, 0.5) is 49.6 Å². The van der Waals surface area contributed by atoms with Gasteiger partial charge in [-0.2, -0.15) is 31.4 Å². The van der Waals surface area contributed by atoms with Crippen LogP contribution in [0.5, 0.6) is 0 Å². The van der Waals surface area contributed by atoms with Crippen molar-refractivity contribution in [1.82, 2.24) is 54.8 Å². The van der Waals surface area contributed by atoms with Crippen LogP contribution >= 0.6 is 0 Å². The summed E-state index contributed by atoms with van der Waals surface area (Å²) in [5, 5.41) is 11.0. The molecule has 1 fully saturated rings. The molecule has 15 nitrogen and oxygen atoms in total. The van der Waals surface area contributed by atoms with E-state index in [4.69, 9.17) is 11.5 Å². The summed E-state index contributed by atoms with van der Waals surface area (Å²) in [7, 11) is 2.12. The van der Waals surface area contributed by atoms with E-state index in [0.29, 0.717) is 47.1 Å². The second-order valence-corrected chi connectivity index (χ2v) is 16.6. The van der Waals surface area contributed by atoms with E-state index < -0.39 is 23.5 Å². The summed E-state index contributed by atoms with van der Waals surface area (Å²) in [6.45, 7) is 11.9. The maximum Gasteiger partial charge on any atom is 0.417 e. The monoisotopic (exact) mass is 967 g/mol. The highest BCUT2D eigenvalue weighted by Crippen LogP contribution is 2.38. The van der Waals surface area contributed by atoms with Crippen molar-refractivity contribution in [2.24, 2.45) is 10.7 Å². The second kappa shape index (κ2) is 23.0. The molecule has 6 heterocycles. The number of benzene rings is 2. The lowest BCUT2D eigenvalue weighted by Crippen LogP contribution is -2.44. The molecule has 5 aromatic heterocycles. The number of aliphatic imine (C=N–C) groups is 1. The molecule has 0 atom stereocenters. The number of nitrogens with two attached hydrogens (primary N) is 2. The number of likely N-dealkylation sites (N-methyl/N-ethyl adjacent to an activating group) is 1. The highest BCUT2D eigenvalue weighted by atomic mass is 19.4. The van der Waals surface area contributed by atoms with Crippen molar-refractivity contribution in [3.8, 4) is 22.8 Å². The Labute approximate surface area is 401 Å². The molecule has 1 aliphatic rings. The Hall–Kier alpha value is -7.10. The third-order valence-electron chi connectivity index (χ3n) is 11.7. The van der Waals surface area contributed by atoms with Gasteiger partial charge in [-0.15, -0.1) is 0 Å². The van der Waals surface area contributed by atoms with Gasteiger partial charge in [0.1, 0.15) is 23.3 Å². The molecule has 0 amide bonds. The molecule has 7 aromatic rings. The summed E-state index contributed by atoms with van der Waals surface area (Å²) < 4.78 is 82.2. The molecule has 21 heteroatoms. The summed E-state index contributed by atoms with van der Waals surface area (Å²) in [5.41, 5.74) is 12.5. The van der Waals surface area contributed by atoms with Crippen LogP contribution in [-0.4, -0.2) is 120 Å². The molecule has 0 aliphatic carbocycles. The number of pyridine rings is 2. The lowest BCUT2D eigenvalue weighted by atomic mass is 10.1. The summed E-state index contributed by atoms with van der Waals surface area (Å²) >= 11 is 0. The van der Waals surface area contributed by atoms with Crippen LogP contribution in [0.3, 0.4) is 0 Å². The summed E-state index contributed by atoms with van der Waals surface area (Å²) in [6, 6.07) is 21.0. The molecule has 2 aromatic carbocycles. The number of fused-ring (bicyclic) bond motifs is 1. The molecule has 0 saturated carbocycles. The van der Waals surface area contributed by atoms with Crippen molar-refractivity contribution in [2.45, 2.75) is 51.9 Å². The van der Waals surface area contributed by atoms with Gasteiger partial charge in [-0.05, 0) is 95.3 Å². The first-order valence-electron chi connectivity index (χ1n) is 22.9. The average molecular weight is 968 g/mol. The first-order chi connectivity index (χ1) is 33.6. The number of anilines is 3. The number of aromatic amines is 1. The van der Waals surface area contributed by atoms with Crippen LogP contribution in [0, 0.1) is 0 Å². The lowest BCUT2D eigenvalue weighted by molar-refractivity contribution is -0.137. The molecular weight excluding hydrogens is 913 g/mol. The fourth-order valence-corrected chi connectivity index (χ4v) is 7.92. The Kier molecular flexibility index (Phi) is 16.7. The fraction of sp³-hybridized carbons (Fsp3) is 0.347. The van der Waals surface area contributed by atoms with Crippen LogP contribution in [0.2, 0.25) is 0 Å². The Morgan fingerprint density at radius 3 is 1.99 bits per heavy atom. The highest BCUT2D eigenvalue weighted by molar-refractivity contribution is 6.02. The van der Waals surface area contributed by atoms with Gasteiger partial charge in [-0.1, -0.05) is 50.2 Å². The molecule has 70 heavy (non-hydrogen) atoms. The molecule has 8 rings (SSSR count). The molecule has 1 saturated heterocycles. The van der Waals surface area contributed by atoms with Crippen molar-refractivity contribution >= 4 is 40.1 Å². The number of nitrogen functional groups attached to an aromatic ring is 1. The normalized spacial score (nSPS) is 13.9. The number of aromatic nitrogens is 8.